The van der Waals surface area contributed by atoms with Gasteiger partial charge in [0.15, 0.2) is 11.7 Å². The summed E-state index contributed by atoms with van der Waals surface area (Å²) in [7, 11) is 0. The van der Waals surface area contributed by atoms with Gasteiger partial charge in [-0.25, -0.2) is 0 Å². The van der Waals surface area contributed by atoms with Gasteiger partial charge in [0.1, 0.15) is 5.75 Å². The molecule has 3 N–H and O–H groups in total. The Morgan fingerprint density at radius 2 is 1.69 bits per heavy atom. The summed E-state index contributed by atoms with van der Waals surface area (Å²) in [4.78, 5) is 24.4. The van der Waals surface area contributed by atoms with Crippen molar-refractivity contribution in [3.8, 4) is 5.75 Å². The number of rotatable bonds is 5. The second kappa shape index (κ2) is 11.4. The van der Waals surface area contributed by atoms with Crippen molar-refractivity contribution in [2.75, 3.05) is 6.61 Å². The topological polar surface area (TPSA) is 79.5 Å². The van der Waals surface area contributed by atoms with Crippen LogP contribution in [0.4, 0.5) is 0 Å². The zero-order valence-corrected chi connectivity index (χ0v) is 22.2. The van der Waals surface area contributed by atoms with Crippen LogP contribution in [0.2, 0.25) is 0 Å². The van der Waals surface area contributed by atoms with Gasteiger partial charge in [-0.3, -0.25) is 25.8 Å². The summed E-state index contributed by atoms with van der Waals surface area (Å²) in [6.07, 6.45) is 3.10. The predicted molar refractivity (Wildman–Crippen MR) is 150 cm³/mol. The molecule has 2 amide bonds. The zero-order chi connectivity index (χ0) is 24.8. The van der Waals surface area contributed by atoms with Crippen LogP contribution < -0.4 is 20.9 Å². The van der Waals surface area contributed by atoms with Crippen LogP contribution in [0, 0.1) is 0 Å². The van der Waals surface area contributed by atoms with Crippen molar-refractivity contribution in [2.24, 2.45) is 0 Å². The minimum absolute atomic E-state index is 0.0385. The molecule has 4 aromatic rings. The molecule has 4 rings (SSSR count). The minimum atomic E-state index is -0.462. The molecule has 0 aliphatic carbocycles. The molecular formula is C26H19Br2N3O3S. The van der Waals surface area contributed by atoms with E-state index in [-0.39, 0.29) is 11.7 Å². The first-order valence-electron chi connectivity index (χ1n) is 10.5. The summed E-state index contributed by atoms with van der Waals surface area (Å²) in [6.45, 7) is -0.245. The van der Waals surface area contributed by atoms with E-state index in [1.54, 1.807) is 12.1 Å². The van der Waals surface area contributed by atoms with Crippen LogP contribution in [0.15, 0.2) is 87.8 Å². The highest BCUT2D eigenvalue weighted by Gasteiger charge is 2.10. The number of nitrogens with one attached hydrogen (secondary N) is 3. The van der Waals surface area contributed by atoms with Crippen LogP contribution in [0.1, 0.15) is 5.56 Å². The quantitative estimate of drug-likeness (QED) is 0.155. The molecule has 0 saturated carbocycles. The normalized spacial score (nSPS) is 10.9. The molecular weight excluding hydrogens is 594 g/mol. The highest BCUT2D eigenvalue weighted by molar-refractivity contribution is 9.11. The van der Waals surface area contributed by atoms with Gasteiger partial charge >= 0.3 is 0 Å². The number of benzene rings is 4. The molecule has 0 bridgehead atoms. The van der Waals surface area contributed by atoms with Gasteiger partial charge in [-0.1, -0.05) is 70.5 Å². The first-order chi connectivity index (χ1) is 16.9. The van der Waals surface area contributed by atoms with Crippen LogP contribution in [0.25, 0.3) is 27.6 Å². The summed E-state index contributed by atoms with van der Waals surface area (Å²) in [5.74, 6) is -0.354. The third-order valence-corrected chi connectivity index (χ3v) is 6.54. The summed E-state index contributed by atoms with van der Waals surface area (Å²) in [5, 5.41) is 6.57. The molecule has 4 aromatic carbocycles. The zero-order valence-electron chi connectivity index (χ0n) is 18.2. The highest BCUT2D eigenvalue weighted by atomic mass is 79.9. The number of hydrogen-bond donors (Lipinski definition) is 3. The van der Waals surface area contributed by atoms with Crippen molar-refractivity contribution in [3.05, 3.63) is 93.4 Å². The second-order valence-electron chi connectivity index (χ2n) is 7.43. The Balaban J connectivity index is 1.25. The third-order valence-electron chi connectivity index (χ3n) is 5.03. The molecule has 35 heavy (non-hydrogen) atoms. The Kier molecular flexibility index (Phi) is 8.12. The Morgan fingerprint density at radius 1 is 0.886 bits per heavy atom. The second-order valence-corrected chi connectivity index (χ2v) is 9.54. The van der Waals surface area contributed by atoms with E-state index in [0.717, 1.165) is 36.1 Å². The Hall–Kier alpha value is -3.27. The van der Waals surface area contributed by atoms with E-state index < -0.39 is 11.8 Å². The van der Waals surface area contributed by atoms with E-state index in [2.05, 4.69) is 48.0 Å². The van der Waals surface area contributed by atoms with E-state index >= 15 is 0 Å². The fraction of sp³-hybridized carbons (Fsp3) is 0.0385. The lowest BCUT2D eigenvalue weighted by atomic mass is 10.0. The summed E-state index contributed by atoms with van der Waals surface area (Å²) in [6, 6.07) is 23.3. The molecule has 0 spiro atoms. The van der Waals surface area contributed by atoms with Crippen molar-refractivity contribution in [1.29, 1.82) is 0 Å². The van der Waals surface area contributed by atoms with E-state index in [9.17, 15) is 9.59 Å². The van der Waals surface area contributed by atoms with Crippen molar-refractivity contribution >= 4 is 88.6 Å². The summed E-state index contributed by atoms with van der Waals surface area (Å²) >= 11 is 12.1. The third kappa shape index (κ3) is 6.45. The lowest BCUT2D eigenvalue weighted by Crippen LogP contribution is -2.49. The van der Waals surface area contributed by atoms with E-state index in [0.29, 0.717) is 5.75 Å². The van der Waals surface area contributed by atoms with E-state index in [1.807, 2.05) is 66.7 Å². The van der Waals surface area contributed by atoms with Gasteiger partial charge in [0, 0.05) is 10.5 Å². The largest absolute Gasteiger partial charge is 0.483 e. The Morgan fingerprint density at radius 3 is 2.54 bits per heavy atom. The standard InChI is InChI=1S/C26H19Br2N3O3S/c27-19-10-11-21-18(14-19)8-12-22(25(21)28)34-15-24(33)30-31-26(35)29-23(32)13-9-17-6-3-5-16-4-1-2-7-20(16)17/h1-14H,15H2,(H,30,33)(H2,29,31,32,35)/b13-9+. The molecule has 0 aliphatic rings. The van der Waals surface area contributed by atoms with E-state index in [1.165, 1.54) is 6.08 Å². The van der Waals surface area contributed by atoms with Gasteiger partial charge in [0.2, 0.25) is 5.91 Å². The number of halogens is 2. The first kappa shape index (κ1) is 24.8. The van der Waals surface area contributed by atoms with Crippen LogP contribution in [-0.4, -0.2) is 23.5 Å². The average molecular weight is 613 g/mol. The number of thiocarbonyl (C=S) groups is 1. The van der Waals surface area contributed by atoms with Crippen molar-refractivity contribution < 1.29 is 14.3 Å². The molecule has 0 saturated heterocycles. The molecule has 0 heterocycles. The average Bonchev–Trinajstić information content (AvgIpc) is 2.85. The number of hydrazine groups is 1. The van der Waals surface area contributed by atoms with Crippen LogP contribution >= 0.6 is 44.1 Å². The molecule has 176 valence electrons. The maximum Gasteiger partial charge on any atom is 0.276 e. The van der Waals surface area contributed by atoms with Gasteiger partial charge in [-0.15, -0.1) is 0 Å². The molecule has 0 aromatic heterocycles. The summed E-state index contributed by atoms with van der Waals surface area (Å²) < 4.78 is 7.35. The molecule has 9 heteroatoms. The van der Waals surface area contributed by atoms with Crippen molar-refractivity contribution in [3.63, 3.8) is 0 Å². The van der Waals surface area contributed by atoms with Gasteiger partial charge in [0.25, 0.3) is 5.91 Å². The lowest BCUT2D eigenvalue weighted by Gasteiger charge is -2.12. The lowest BCUT2D eigenvalue weighted by molar-refractivity contribution is -0.123. The van der Waals surface area contributed by atoms with Crippen LogP contribution in [0.5, 0.6) is 5.75 Å². The molecule has 0 aliphatic heterocycles. The summed E-state index contributed by atoms with van der Waals surface area (Å²) in [5.41, 5.74) is 5.81. The number of hydrogen-bond acceptors (Lipinski definition) is 4. The maximum absolute atomic E-state index is 12.2. The Bertz CT molecular complexity index is 1470. The molecule has 0 atom stereocenters. The number of amides is 2. The van der Waals surface area contributed by atoms with Crippen LogP contribution in [0.3, 0.4) is 0 Å². The fourth-order valence-electron chi connectivity index (χ4n) is 3.41. The van der Waals surface area contributed by atoms with Gasteiger partial charge in [-0.2, -0.15) is 0 Å². The fourth-order valence-corrected chi connectivity index (χ4v) is 4.54. The smallest absolute Gasteiger partial charge is 0.276 e. The van der Waals surface area contributed by atoms with Gasteiger partial charge < -0.3 is 4.74 Å². The Labute approximate surface area is 224 Å². The minimum Gasteiger partial charge on any atom is -0.483 e. The number of ether oxygens (including phenoxy) is 1. The van der Waals surface area contributed by atoms with Crippen LogP contribution in [-0.2, 0) is 9.59 Å². The maximum atomic E-state index is 12.2. The number of carbonyl (C=O) groups excluding carboxylic acids is 2. The number of fused-ring (bicyclic) bond motifs is 2. The predicted octanol–water partition coefficient (Wildman–Crippen LogP) is 5.63. The van der Waals surface area contributed by atoms with Crippen molar-refractivity contribution in [2.45, 2.75) is 0 Å². The first-order valence-corrected chi connectivity index (χ1v) is 12.5. The SMILES string of the molecule is O=C(/C=C/c1cccc2ccccc12)NC(=S)NNC(=O)COc1ccc2cc(Br)ccc2c1Br. The molecule has 0 radical (unpaired) electrons. The van der Waals surface area contributed by atoms with Gasteiger partial charge in [-0.05, 0) is 79.5 Å². The molecule has 0 fully saturated rings. The highest BCUT2D eigenvalue weighted by Crippen LogP contribution is 2.34. The van der Waals surface area contributed by atoms with Gasteiger partial charge in [0.05, 0.1) is 4.47 Å². The van der Waals surface area contributed by atoms with Crippen molar-refractivity contribution in [1.82, 2.24) is 16.2 Å². The molecule has 0 unspecified atom stereocenters. The number of carbonyl (C=O) groups is 2. The monoisotopic (exact) mass is 611 g/mol. The molecule has 6 nitrogen and oxygen atoms in total. The van der Waals surface area contributed by atoms with E-state index in [4.69, 9.17) is 17.0 Å².